The van der Waals surface area contributed by atoms with Crippen LogP contribution < -0.4 is 0 Å². The molecular formula is C88H47N11. The van der Waals surface area contributed by atoms with Crippen molar-refractivity contribution >= 4 is 65.4 Å². The normalized spacial score (nSPS) is 11.2. The van der Waals surface area contributed by atoms with Gasteiger partial charge in [-0.1, -0.05) is 170 Å². The molecule has 0 unspecified atom stereocenters. The Morgan fingerprint density at radius 2 is 0.566 bits per heavy atom. The average Bonchev–Trinajstić information content (AvgIpc) is 1.61. The molecule has 99 heavy (non-hydrogen) atoms. The van der Waals surface area contributed by atoms with Gasteiger partial charge in [0.05, 0.1) is 120 Å². The topological polar surface area (TPSA) is 183 Å². The van der Waals surface area contributed by atoms with Gasteiger partial charge in [0.15, 0.2) is 5.82 Å². The first kappa shape index (κ1) is 58.1. The van der Waals surface area contributed by atoms with Gasteiger partial charge in [0, 0.05) is 82.6 Å². The van der Waals surface area contributed by atoms with E-state index in [2.05, 4.69) is 232 Å². The van der Waals surface area contributed by atoms with E-state index >= 15 is 0 Å². The third kappa shape index (κ3) is 9.61. The average molecular weight is 1260 g/mol. The van der Waals surface area contributed by atoms with Crippen LogP contribution in [0.15, 0.2) is 285 Å². The van der Waals surface area contributed by atoms with Gasteiger partial charge in [-0.3, -0.25) is 0 Å². The van der Waals surface area contributed by atoms with Crippen molar-refractivity contribution in [3.8, 4) is 132 Å². The maximum absolute atomic E-state index is 10.8. The zero-order valence-electron chi connectivity index (χ0n) is 52.6. The number of nitriles is 6. The highest BCUT2D eigenvalue weighted by Gasteiger charge is 2.27. The first-order valence-corrected chi connectivity index (χ1v) is 32.0. The van der Waals surface area contributed by atoms with E-state index in [0.29, 0.717) is 38.9 Å². The molecule has 0 spiro atoms. The molecule has 17 aromatic rings. The van der Waals surface area contributed by atoms with E-state index in [1.807, 2.05) is 78.9 Å². The number of benzene rings is 13. The number of rotatable bonds is 10. The Balaban J connectivity index is 1.00. The molecule has 0 saturated carbocycles. The Morgan fingerprint density at radius 3 is 0.909 bits per heavy atom. The Kier molecular flexibility index (Phi) is 13.9. The molecule has 4 heterocycles. The van der Waals surface area contributed by atoms with E-state index in [9.17, 15) is 31.6 Å². The summed E-state index contributed by atoms with van der Waals surface area (Å²) in [6, 6.07) is 109. The van der Waals surface area contributed by atoms with Gasteiger partial charge in [-0.25, -0.2) is 9.97 Å². The quantitative estimate of drug-likeness (QED) is 0.130. The predicted octanol–water partition coefficient (Wildman–Crippen LogP) is 20.7. The number of nitrogens with zero attached hydrogens (tertiary/aromatic N) is 11. The number of fused-ring (bicyclic) bond motifs is 9. The van der Waals surface area contributed by atoms with Crippen molar-refractivity contribution in [3.63, 3.8) is 0 Å². The van der Waals surface area contributed by atoms with Crippen molar-refractivity contribution in [2.24, 2.45) is 0 Å². The van der Waals surface area contributed by atoms with Crippen LogP contribution in [0.25, 0.3) is 161 Å². The van der Waals surface area contributed by atoms with E-state index < -0.39 is 0 Å². The van der Waals surface area contributed by atoms with Gasteiger partial charge >= 0.3 is 0 Å². The molecule has 454 valence electrons. The van der Waals surface area contributed by atoms with E-state index in [-0.39, 0.29) is 33.4 Å². The fraction of sp³-hybridized carbons (Fsp3) is 0. The van der Waals surface area contributed by atoms with E-state index in [0.717, 1.165) is 122 Å². The van der Waals surface area contributed by atoms with Crippen molar-refractivity contribution in [1.82, 2.24) is 23.7 Å². The first-order valence-electron chi connectivity index (χ1n) is 32.0. The zero-order valence-corrected chi connectivity index (χ0v) is 52.6. The van der Waals surface area contributed by atoms with Crippen molar-refractivity contribution in [3.05, 3.63) is 318 Å². The first-order chi connectivity index (χ1) is 48.8. The van der Waals surface area contributed by atoms with Gasteiger partial charge in [0.25, 0.3) is 0 Å². The predicted molar refractivity (Wildman–Crippen MR) is 391 cm³/mol. The molecule has 0 aliphatic heterocycles. The van der Waals surface area contributed by atoms with Crippen LogP contribution in [-0.4, -0.2) is 23.7 Å². The van der Waals surface area contributed by atoms with Crippen LogP contribution in [0.5, 0.6) is 0 Å². The van der Waals surface area contributed by atoms with Crippen LogP contribution >= 0.6 is 0 Å². The Bertz CT molecular complexity index is 5960. The minimum absolute atomic E-state index is 0.159. The number of para-hydroxylation sites is 4. The van der Waals surface area contributed by atoms with Gasteiger partial charge in [0.2, 0.25) is 0 Å². The van der Waals surface area contributed by atoms with Crippen molar-refractivity contribution < 1.29 is 0 Å². The molecule has 0 fully saturated rings. The molecular weight excluding hydrogens is 1210 g/mol. The van der Waals surface area contributed by atoms with Gasteiger partial charge in [-0.05, 0) is 138 Å². The maximum Gasteiger partial charge on any atom is 0.160 e. The molecule has 0 saturated heterocycles. The second-order valence-corrected chi connectivity index (χ2v) is 24.3. The fourth-order valence-corrected chi connectivity index (χ4v) is 14.5. The summed E-state index contributed by atoms with van der Waals surface area (Å²) in [5.74, 6) is 0.498. The third-order valence-corrected chi connectivity index (χ3v) is 18.8. The molecule has 0 aliphatic carbocycles. The molecule has 11 nitrogen and oxygen atoms in total. The van der Waals surface area contributed by atoms with Gasteiger partial charge < -0.3 is 13.7 Å². The lowest BCUT2D eigenvalue weighted by molar-refractivity contribution is 1.16. The molecule has 0 aliphatic rings. The van der Waals surface area contributed by atoms with Crippen molar-refractivity contribution in [2.75, 3.05) is 0 Å². The lowest BCUT2D eigenvalue weighted by Gasteiger charge is -2.22. The van der Waals surface area contributed by atoms with E-state index in [4.69, 9.17) is 9.97 Å². The molecule has 13 aromatic carbocycles. The van der Waals surface area contributed by atoms with Crippen molar-refractivity contribution in [1.29, 1.82) is 31.6 Å². The SMILES string of the molecule is N#Cc1cc(C#N)c(-c2ccc3c(c2)c2cc(-c4c(C#N)cc(C#N)cc4C#N)ccc2n3-c2c(-c3ccc(-n4c5ccccc5c5ccccc54)cc3)cc(-c3nc(-c4ccccc4)cc(-c4ccccc4)n3)cc2-c2ccc(-n3c4ccccc4c4ccccc43)cc2)c(C#N)c1. The fourth-order valence-electron chi connectivity index (χ4n) is 14.5. The Hall–Kier alpha value is -14.7. The maximum atomic E-state index is 10.8. The van der Waals surface area contributed by atoms with Crippen LogP contribution in [-0.2, 0) is 0 Å². The molecule has 0 radical (unpaired) electrons. The van der Waals surface area contributed by atoms with Gasteiger partial charge in [0.1, 0.15) is 0 Å². The Labute approximate surface area is 567 Å². The number of hydrogen-bond donors (Lipinski definition) is 0. The summed E-state index contributed by atoms with van der Waals surface area (Å²) in [5, 5.41) is 69.2. The molecule has 0 amide bonds. The summed E-state index contributed by atoms with van der Waals surface area (Å²) in [4.78, 5) is 11.0. The summed E-state index contributed by atoms with van der Waals surface area (Å²) in [6.07, 6.45) is 0. The summed E-state index contributed by atoms with van der Waals surface area (Å²) in [5.41, 5.74) is 18.8. The molecule has 11 heteroatoms. The molecule has 0 bridgehead atoms. The highest BCUT2D eigenvalue weighted by Crippen LogP contribution is 2.47. The second-order valence-electron chi connectivity index (χ2n) is 24.3. The number of hydrogen-bond acceptors (Lipinski definition) is 8. The van der Waals surface area contributed by atoms with Crippen LogP contribution in [0, 0.1) is 68.0 Å². The standard InChI is InChI=1S/C88H47N11/c89-48-54-39-63(50-91)85(64(40-54)51-92)60-31-37-83-75(43-60)76-44-61(86-65(52-93)41-55(49-90)42-66(86)53-94)32-38-84(76)99(83)87-73(56-27-33-67(34-28-56)97-79-23-11-7-19-69(79)70-20-8-12-24-80(70)97)45-62(88-95-77(58-15-3-1-4-16-58)47-78(96-88)59-17-5-2-6-18-59)46-74(87)57-29-35-68(36-30-57)98-81-25-13-9-21-71(81)72-22-10-14-26-82(72)98/h1-47H. The van der Waals surface area contributed by atoms with Crippen LogP contribution in [0.3, 0.4) is 0 Å². The minimum atomic E-state index is 0.159. The Morgan fingerprint density at radius 1 is 0.242 bits per heavy atom. The zero-order chi connectivity index (χ0) is 66.8. The largest absolute Gasteiger partial charge is 0.309 e. The summed E-state index contributed by atoms with van der Waals surface area (Å²) in [7, 11) is 0. The molecule has 4 aromatic heterocycles. The van der Waals surface area contributed by atoms with Crippen LogP contribution in [0.4, 0.5) is 0 Å². The monoisotopic (exact) mass is 1260 g/mol. The van der Waals surface area contributed by atoms with Gasteiger partial charge in [-0.15, -0.1) is 0 Å². The highest BCUT2D eigenvalue weighted by atomic mass is 15.0. The molecule has 0 N–H and O–H groups in total. The molecule has 0 atom stereocenters. The summed E-state index contributed by atoms with van der Waals surface area (Å²) < 4.78 is 6.87. The van der Waals surface area contributed by atoms with Crippen molar-refractivity contribution in [2.45, 2.75) is 0 Å². The van der Waals surface area contributed by atoms with E-state index in [1.54, 1.807) is 0 Å². The lowest BCUT2D eigenvalue weighted by atomic mass is 9.91. The summed E-state index contributed by atoms with van der Waals surface area (Å²) >= 11 is 0. The lowest BCUT2D eigenvalue weighted by Crippen LogP contribution is -2.04. The van der Waals surface area contributed by atoms with E-state index in [1.165, 1.54) is 24.3 Å². The third-order valence-electron chi connectivity index (χ3n) is 18.8. The smallest absolute Gasteiger partial charge is 0.160 e. The second kappa shape index (κ2) is 23.7. The summed E-state index contributed by atoms with van der Waals surface area (Å²) in [6.45, 7) is 0. The van der Waals surface area contributed by atoms with Gasteiger partial charge in [-0.2, -0.15) is 31.6 Å². The van der Waals surface area contributed by atoms with Crippen LogP contribution in [0.2, 0.25) is 0 Å². The number of aromatic nitrogens is 5. The highest BCUT2D eigenvalue weighted by molar-refractivity contribution is 6.14. The minimum Gasteiger partial charge on any atom is -0.309 e. The van der Waals surface area contributed by atoms with Crippen LogP contribution in [0.1, 0.15) is 33.4 Å². The molecule has 17 rings (SSSR count).